The summed E-state index contributed by atoms with van der Waals surface area (Å²) < 4.78 is 0. The molecule has 2 aromatic rings. The highest BCUT2D eigenvalue weighted by molar-refractivity contribution is 6.29. The van der Waals surface area contributed by atoms with E-state index < -0.39 is 0 Å². The molecule has 2 aromatic heterocycles. The number of nitrogens with two attached hydrogens (primary N) is 1. The van der Waals surface area contributed by atoms with Crippen LogP contribution in [0, 0.1) is 0 Å². The van der Waals surface area contributed by atoms with Crippen molar-refractivity contribution in [3.8, 4) is 0 Å². The van der Waals surface area contributed by atoms with Crippen molar-refractivity contribution in [2.75, 3.05) is 17.6 Å². The summed E-state index contributed by atoms with van der Waals surface area (Å²) in [6, 6.07) is 3.38. The van der Waals surface area contributed by atoms with Gasteiger partial charge in [-0.25, -0.2) is 9.97 Å². The van der Waals surface area contributed by atoms with Gasteiger partial charge in [0.2, 0.25) is 0 Å². The van der Waals surface area contributed by atoms with Crippen LogP contribution in [-0.4, -0.2) is 21.5 Å². The zero-order valence-electron chi connectivity index (χ0n) is 9.28. The summed E-state index contributed by atoms with van der Waals surface area (Å²) in [5, 5.41) is 3.57. The molecule has 0 atom stereocenters. The molecule has 0 amide bonds. The van der Waals surface area contributed by atoms with Crippen LogP contribution in [0.15, 0.2) is 24.5 Å². The van der Waals surface area contributed by atoms with Crippen LogP contribution in [0.4, 0.5) is 11.5 Å². The van der Waals surface area contributed by atoms with Crippen molar-refractivity contribution in [3.63, 3.8) is 0 Å². The van der Waals surface area contributed by atoms with E-state index in [9.17, 15) is 0 Å². The number of aromatic nitrogens is 3. The minimum Gasteiger partial charge on any atom is -0.399 e. The van der Waals surface area contributed by atoms with E-state index in [0.717, 1.165) is 25.2 Å². The quantitative estimate of drug-likeness (QED) is 0.562. The number of H-pyrrole nitrogens is 1. The molecule has 0 saturated heterocycles. The van der Waals surface area contributed by atoms with Crippen LogP contribution in [0.5, 0.6) is 0 Å². The fourth-order valence-electron chi connectivity index (χ4n) is 1.51. The van der Waals surface area contributed by atoms with Crippen molar-refractivity contribution >= 4 is 23.1 Å². The molecular formula is C11H14ClN5. The van der Waals surface area contributed by atoms with Gasteiger partial charge in [-0.3, -0.25) is 0 Å². The predicted molar refractivity (Wildman–Crippen MR) is 69.1 cm³/mol. The van der Waals surface area contributed by atoms with Gasteiger partial charge in [-0.15, -0.1) is 0 Å². The van der Waals surface area contributed by atoms with Crippen LogP contribution >= 0.6 is 11.6 Å². The lowest BCUT2D eigenvalue weighted by Crippen LogP contribution is -2.05. The predicted octanol–water partition coefficient (Wildman–Crippen LogP) is 2.08. The first-order valence-electron chi connectivity index (χ1n) is 5.39. The van der Waals surface area contributed by atoms with Crippen LogP contribution in [-0.2, 0) is 6.42 Å². The van der Waals surface area contributed by atoms with Crippen molar-refractivity contribution in [3.05, 3.63) is 35.5 Å². The Balaban J connectivity index is 1.78. The van der Waals surface area contributed by atoms with Gasteiger partial charge in [0.1, 0.15) is 16.8 Å². The average Bonchev–Trinajstić information content (AvgIpc) is 2.76. The molecule has 0 aromatic carbocycles. The van der Waals surface area contributed by atoms with Crippen molar-refractivity contribution < 1.29 is 0 Å². The highest BCUT2D eigenvalue weighted by atomic mass is 35.5. The largest absolute Gasteiger partial charge is 0.399 e. The summed E-state index contributed by atoms with van der Waals surface area (Å²) in [6.07, 6.45) is 5.43. The molecule has 2 heterocycles. The number of halogens is 1. The lowest BCUT2D eigenvalue weighted by atomic mass is 10.3. The Morgan fingerprint density at radius 1 is 1.41 bits per heavy atom. The summed E-state index contributed by atoms with van der Waals surface area (Å²) in [5.74, 6) is 1.69. The maximum atomic E-state index is 5.80. The molecule has 2 rings (SSSR count). The van der Waals surface area contributed by atoms with E-state index in [1.807, 2.05) is 6.20 Å². The Morgan fingerprint density at radius 3 is 3.00 bits per heavy atom. The number of aromatic amines is 1. The van der Waals surface area contributed by atoms with E-state index in [1.165, 1.54) is 0 Å². The zero-order chi connectivity index (χ0) is 12.1. The number of rotatable bonds is 5. The van der Waals surface area contributed by atoms with Crippen molar-refractivity contribution in [1.29, 1.82) is 0 Å². The van der Waals surface area contributed by atoms with Crippen molar-refractivity contribution in [2.45, 2.75) is 12.8 Å². The lowest BCUT2D eigenvalue weighted by molar-refractivity contribution is 0.814. The van der Waals surface area contributed by atoms with Crippen LogP contribution < -0.4 is 11.1 Å². The average molecular weight is 252 g/mol. The van der Waals surface area contributed by atoms with E-state index in [1.54, 1.807) is 18.3 Å². The number of pyridine rings is 1. The number of hydrogen-bond donors (Lipinski definition) is 3. The van der Waals surface area contributed by atoms with Gasteiger partial charge < -0.3 is 16.0 Å². The minimum atomic E-state index is 0.401. The van der Waals surface area contributed by atoms with Gasteiger partial charge >= 0.3 is 0 Å². The summed E-state index contributed by atoms with van der Waals surface area (Å²) in [5.41, 5.74) is 6.27. The maximum Gasteiger partial charge on any atom is 0.133 e. The van der Waals surface area contributed by atoms with Gasteiger partial charge in [-0.05, 0) is 12.5 Å². The molecule has 0 aliphatic heterocycles. The third kappa shape index (κ3) is 3.64. The number of nitrogens with zero attached hydrogens (tertiary/aromatic N) is 2. The maximum absolute atomic E-state index is 5.80. The lowest BCUT2D eigenvalue weighted by Gasteiger charge is -2.06. The van der Waals surface area contributed by atoms with Gasteiger partial charge in [0.05, 0.1) is 0 Å². The second-order valence-electron chi connectivity index (χ2n) is 3.67. The topological polar surface area (TPSA) is 79.6 Å². The SMILES string of the molecule is Nc1cc(Cl)nc(NCCCc2ncc[nH]2)c1. The number of nitrogen functional groups attached to an aromatic ring is 1. The van der Waals surface area contributed by atoms with Gasteiger partial charge in [-0.2, -0.15) is 0 Å². The fraction of sp³-hybridized carbons (Fsp3) is 0.273. The van der Waals surface area contributed by atoms with Gasteiger partial charge in [0.15, 0.2) is 0 Å². The third-order valence-corrected chi connectivity index (χ3v) is 2.46. The van der Waals surface area contributed by atoms with E-state index in [0.29, 0.717) is 16.7 Å². The number of hydrogen-bond acceptors (Lipinski definition) is 4. The normalized spacial score (nSPS) is 10.4. The van der Waals surface area contributed by atoms with E-state index in [4.69, 9.17) is 17.3 Å². The second-order valence-corrected chi connectivity index (χ2v) is 4.06. The van der Waals surface area contributed by atoms with E-state index in [2.05, 4.69) is 20.3 Å². The van der Waals surface area contributed by atoms with Gasteiger partial charge in [0, 0.05) is 37.1 Å². The Bertz CT molecular complexity index is 448. The minimum absolute atomic E-state index is 0.401. The number of aryl methyl sites for hydroxylation is 1. The highest BCUT2D eigenvalue weighted by Crippen LogP contribution is 2.15. The Hall–Kier alpha value is -1.75. The first-order valence-corrected chi connectivity index (χ1v) is 5.77. The molecule has 0 aliphatic rings. The Morgan fingerprint density at radius 2 is 2.29 bits per heavy atom. The molecule has 5 nitrogen and oxygen atoms in total. The number of nitrogens with one attached hydrogen (secondary N) is 2. The fourth-order valence-corrected chi connectivity index (χ4v) is 1.73. The molecule has 4 N–H and O–H groups in total. The Labute approximate surface area is 104 Å². The monoisotopic (exact) mass is 251 g/mol. The first-order chi connectivity index (χ1) is 8.24. The van der Waals surface area contributed by atoms with Crippen LogP contribution in [0.25, 0.3) is 0 Å². The molecule has 0 radical (unpaired) electrons. The van der Waals surface area contributed by atoms with E-state index in [-0.39, 0.29) is 0 Å². The van der Waals surface area contributed by atoms with Crippen molar-refractivity contribution in [1.82, 2.24) is 15.0 Å². The molecule has 0 aliphatic carbocycles. The van der Waals surface area contributed by atoms with Crippen LogP contribution in [0.2, 0.25) is 5.15 Å². The molecule has 0 saturated carbocycles. The third-order valence-electron chi connectivity index (χ3n) is 2.27. The molecule has 6 heteroatoms. The molecular weight excluding hydrogens is 238 g/mol. The smallest absolute Gasteiger partial charge is 0.133 e. The number of imidazole rings is 1. The summed E-state index contributed by atoms with van der Waals surface area (Å²) in [7, 11) is 0. The highest BCUT2D eigenvalue weighted by Gasteiger charge is 1.99. The standard InChI is InChI=1S/C11H14ClN5/c12-9-6-8(13)7-11(17-9)14-3-1-2-10-15-4-5-16-10/h4-7H,1-3H2,(H,15,16)(H3,13,14,17). The zero-order valence-corrected chi connectivity index (χ0v) is 10.0. The summed E-state index contributed by atoms with van der Waals surface area (Å²) in [4.78, 5) is 11.3. The molecule has 17 heavy (non-hydrogen) atoms. The van der Waals surface area contributed by atoms with Gasteiger partial charge in [-0.1, -0.05) is 11.6 Å². The first kappa shape index (κ1) is 11.7. The molecule has 0 spiro atoms. The molecule has 0 unspecified atom stereocenters. The summed E-state index contributed by atoms with van der Waals surface area (Å²) >= 11 is 5.80. The number of anilines is 2. The van der Waals surface area contributed by atoms with Crippen LogP contribution in [0.1, 0.15) is 12.2 Å². The van der Waals surface area contributed by atoms with Crippen LogP contribution in [0.3, 0.4) is 0 Å². The summed E-state index contributed by atoms with van der Waals surface area (Å²) in [6.45, 7) is 0.799. The Kier molecular flexibility index (Phi) is 3.82. The van der Waals surface area contributed by atoms with E-state index >= 15 is 0 Å². The molecule has 90 valence electrons. The second kappa shape index (κ2) is 5.54. The molecule has 0 fully saturated rings. The van der Waals surface area contributed by atoms with Gasteiger partial charge in [0.25, 0.3) is 0 Å². The van der Waals surface area contributed by atoms with Crippen molar-refractivity contribution in [2.24, 2.45) is 0 Å². The molecule has 0 bridgehead atoms.